The van der Waals surface area contributed by atoms with E-state index in [4.69, 9.17) is 11.6 Å². The van der Waals surface area contributed by atoms with E-state index < -0.39 is 0 Å². The van der Waals surface area contributed by atoms with Crippen molar-refractivity contribution >= 4 is 11.6 Å². The average Bonchev–Trinajstić information content (AvgIpc) is 2.34. The predicted octanol–water partition coefficient (Wildman–Crippen LogP) is 4.71. The van der Waals surface area contributed by atoms with Crippen LogP contribution in [0.3, 0.4) is 0 Å². The molecule has 2 aromatic carbocycles. The van der Waals surface area contributed by atoms with Gasteiger partial charge in [-0.05, 0) is 79.9 Å². The summed E-state index contributed by atoms with van der Waals surface area (Å²) in [7, 11) is 1.92. The summed E-state index contributed by atoms with van der Waals surface area (Å²) in [5.74, 6) is -0.188. The Bertz CT molecular complexity index is 614. The molecule has 0 saturated heterocycles. The Morgan fingerprint density at radius 3 is 2.10 bits per heavy atom. The Hall–Kier alpha value is -1.38. The molecule has 0 heterocycles. The summed E-state index contributed by atoms with van der Waals surface area (Å²) in [4.78, 5) is 0. The number of nitrogens with one attached hydrogen (secondary N) is 1. The molecule has 0 aliphatic heterocycles. The molecule has 0 bridgehead atoms. The van der Waals surface area contributed by atoms with Gasteiger partial charge in [0.2, 0.25) is 0 Å². The second-order valence-electron chi connectivity index (χ2n) is 5.18. The van der Waals surface area contributed by atoms with Crippen molar-refractivity contribution in [3.05, 3.63) is 69.0 Å². The Kier molecular flexibility index (Phi) is 4.46. The third-order valence-electron chi connectivity index (χ3n) is 3.68. The number of hydrogen-bond donors (Lipinski definition) is 1. The second-order valence-corrected chi connectivity index (χ2v) is 5.61. The first-order chi connectivity index (χ1) is 9.43. The molecule has 1 N–H and O–H groups in total. The standard InChI is InChI=1S/C17H19ClFN/c1-10-7-13(18)5-6-15(10)17(20-4)16-11(2)8-14(19)9-12(16)3/h5-9,17,20H,1-4H3. The highest BCUT2D eigenvalue weighted by molar-refractivity contribution is 6.30. The average molecular weight is 292 g/mol. The lowest BCUT2D eigenvalue weighted by molar-refractivity contribution is 0.618. The molecule has 1 nitrogen and oxygen atoms in total. The van der Waals surface area contributed by atoms with E-state index in [9.17, 15) is 4.39 Å². The van der Waals surface area contributed by atoms with E-state index in [2.05, 4.69) is 5.32 Å². The van der Waals surface area contributed by atoms with Crippen molar-refractivity contribution in [1.82, 2.24) is 5.32 Å². The minimum Gasteiger partial charge on any atom is -0.309 e. The van der Waals surface area contributed by atoms with Crippen LogP contribution in [0.25, 0.3) is 0 Å². The zero-order valence-corrected chi connectivity index (χ0v) is 13.0. The molecule has 2 aromatic rings. The monoisotopic (exact) mass is 291 g/mol. The minimum atomic E-state index is -0.188. The first-order valence-corrected chi connectivity index (χ1v) is 7.01. The summed E-state index contributed by atoms with van der Waals surface area (Å²) in [5, 5.41) is 4.06. The maximum Gasteiger partial charge on any atom is 0.123 e. The van der Waals surface area contributed by atoms with Crippen LogP contribution in [-0.2, 0) is 0 Å². The first-order valence-electron chi connectivity index (χ1n) is 6.64. The van der Waals surface area contributed by atoms with Gasteiger partial charge >= 0.3 is 0 Å². The van der Waals surface area contributed by atoms with Crippen molar-refractivity contribution in [3.63, 3.8) is 0 Å². The number of hydrogen-bond acceptors (Lipinski definition) is 1. The van der Waals surface area contributed by atoms with Crippen LogP contribution in [0.2, 0.25) is 5.02 Å². The molecule has 0 aromatic heterocycles. The molecule has 0 radical (unpaired) electrons. The van der Waals surface area contributed by atoms with E-state index in [-0.39, 0.29) is 11.9 Å². The van der Waals surface area contributed by atoms with Crippen LogP contribution in [0, 0.1) is 26.6 Å². The molecule has 3 heteroatoms. The number of rotatable bonds is 3. The van der Waals surface area contributed by atoms with E-state index in [0.717, 1.165) is 32.8 Å². The zero-order valence-electron chi connectivity index (χ0n) is 12.2. The number of aryl methyl sites for hydroxylation is 3. The van der Waals surface area contributed by atoms with Gasteiger partial charge in [0.15, 0.2) is 0 Å². The summed E-state index contributed by atoms with van der Waals surface area (Å²) in [6, 6.07) is 9.07. The second kappa shape index (κ2) is 5.94. The Balaban J connectivity index is 2.58. The number of halogens is 2. The Labute approximate surface area is 124 Å². The van der Waals surface area contributed by atoms with Crippen molar-refractivity contribution < 1.29 is 4.39 Å². The Morgan fingerprint density at radius 1 is 1.00 bits per heavy atom. The van der Waals surface area contributed by atoms with Crippen LogP contribution in [0.15, 0.2) is 30.3 Å². The van der Waals surface area contributed by atoms with Gasteiger partial charge in [-0.15, -0.1) is 0 Å². The highest BCUT2D eigenvalue weighted by Crippen LogP contribution is 2.31. The fourth-order valence-electron chi connectivity index (χ4n) is 2.80. The van der Waals surface area contributed by atoms with Gasteiger partial charge in [-0.2, -0.15) is 0 Å². The predicted molar refractivity (Wildman–Crippen MR) is 83.0 cm³/mol. The van der Waals surface area contributed by atoms with Gasteiger partial charge in [0.25, 0.3) is 0 Å². The van der Waals surface area contributed by atoms with Gasteiger partial charge in [0, 0.05) is 5.02 Å². The summed E-state index contributed by atoms with van der Waals surface area (Å²) < 4.78 is 13.5. The maximum atomic E-state index is 13.5. The number of benzene rings is 2. The van der Waals surface area contributed by atoms with E-state index >= 15 is 0 Å². The topological polar surface area (TPSA) is 12.0 Å². The highest BCUT2D eigenvalue weighted by Gasteiger charge is 2.19. The maximum absolute atomic E-state index is 13.5. The van der Waals surface area contributed by atoms with Crippen LogP contribution in [0.5, 0.6) is 0 Å². The summed E-state index contributed by atoms with van der Waals surface area (Å²) in [6.45, 7) is 5.93. The first kappa shape index (κ1) is 15.0. The minimum absolute atomic E-state index is 0.0351. The third-order valence-corrected chi connectivity index (χ3v) is 3.91. The normalized spacial score (nSPS) is 12.5. The van der Waals surface area contributed by atoms with Crippen LogP contribution in [0.4, 0.5) is 4.39 Å². The van der Waals surface area contributed by atoms with Crippen molar-refractivity contribution in [3.8, 4) is 0 Å². The van der Waals surface area contributed by atoms with Crippen molar-refractivity contribution in [2.24, 2.45) is 0 Å². The fraction of sp³-hybridized carbons (Fsp3) is 0.294. The van der Waals surface area contributed by atoms with Gasteiger partial charge in [0.05, 0.1) is 6.04 Å². The molecule has 1 atom stereocenters. The van der Waals surface area contributed by atoms with Crippen molar-refractivity contribution in [1.29, 1.82) is 0 Å². The summed E-state index contributed by atoms with van der Waals surface area (Å²) in [5.41, 5.74) is 5.32. The van der Waals surface area contributed by atoms with Crippen LogP contribution >= 0.6 is 11.6 Å². The van der Waals surface area contributed by atoms with E-state index in [1.165, 1.54) is 0 Å². The van der Waals surface area contributed by atoms with Crippen LogP contribution < -0.4 is 5.32 Å². The van der Waals surface area contributed by atoms with Gasteiger partial charge in [0.1, 0.15) is 5.82 Å². The van der Waals surface area contributed by atoms with E-state index in [1.807, 2.05) is 46.0 Å². The molecule has 0 fully saturated rings. The van der Waals surface area contributed by atoms with Crippen LogP contribution in [-0.4, -0.2) is 7.05 Å². The Morgan fingerprint density at radius 2 is 1.60 bits per heavy atom. The molecule has 0 aliphatic carbocycles. The van der Waals surface area contributed by atoms with Gasteiger partial charge < -0.3 is 5.32 Å². The van der Waals surface area contributed by atoms with Crippen molar-refractivity contribution in [2.75, 3.05) is 7.05 Å². The quantitative estimate of drug-likeness (QED) is 0.863. The summed E-state index contributed by atoms with van der Waals surface area (Å²) in [6.07, 6.45) is 0. The van der Waals surface area contributed by atoms with E-state index in [1.54, 1.807) is 12.1 Å². The third kappa shape index (κ3) is 2.87. The fourth-order valence-corrected chi connectivity index (χ4v) is 3.02. The lowest BCUT2D eigenvalue weighted by atomic mass is 9.89. The zero-order chi connectivity index (χ0) is 14.9. The molecule has 0 aliphatic rings. The smallest absolute Gasteiger partial charge is 0.123 e. The molecule has 0 saturated carbocycles. The molecule has 106 valence electrons. The largest absolute Gasteiger partial charge is 0.309 e. The van der Waals surface area contributed by atoms with E-state index in [0.29, 0.717) is 0 Å². The molecular weight excluding hydrogens is 273 g/mol. The van der Waals surface area contributed by atoms with Crippen molar-refractivity contribution in [2.45, 2.75) is 26.8 Å². The molecule has 1 unspecified atom stereocenters. The highest BCUT2D eigenvalue weighted by atomic mass is 35.5. The lowest BCUT2D eigenvalue weighted by Gasteiger charge is -2.23. The molecule has 2 rings (SSSR count). The molecular formula is C17H19ClFN. The molecule has 0 amide bonds. The summed E-state index contributed by atoms with van der Waals surface area (Å²) >= 11 is 6.02. The van der Waals surface area contributed by atoms with Gasteiger partial charge in [-0.3, -0.25) is 0 Å². The van der Waals surface area contributed by atoms with Gasteiger partial charge in [-0.1, -0.05) is 17.7 Å². The van der Waals surface area contributed by atoms with Crippen LogP contribution in [0.1, 0.15) is 33.9 Å². The molecule has 0 spiro atoms. The SMILES string of the molecule is CNC(c1ccc(Cl)cc1C)c1c(C)cc(F)cc1C. The van der Waals surface area contributed by atoms with Gasteiger partial charge in [-0.25, -0.2) is 4.39 Å². The molecule has 20 heavy (non-hydrogen) atoms. The lowest BCUT2D eigenvalue weighted by Crippen LogP contribution is -2.21.